The highest BCUT2D eigenvalue weighted by atomic mass is 19.1. The quantitative estimate of drug-likeness (QED) is 0.839. The molecule has 0 aliphatic heterocycles. The van der Waals surface area contributed by atoms with E-state index in [0.29, 0.717) is 0 Å². The molecule has 2 rings (SSSR count). The summed E-state index contributed by atoms with van der Waals surface area (Å²) in [6.45, 7) is 2.78. The van der Waals surface area contributed by atoms with E-state index in [0.717, 1.165) is 23.5 Å². The lowest BCUT2D eigenvalue weighted by Crippen LogP contribution is -2.17. The molecule has 0 saturated heterocycles. The molecule has 0 saturated carbocycles. The summed E-state index contributed by atoms with van der Waals surface area (Å²) in [6, 6.07) is 12.4. The van der Waals surface area contributed by atoms with Crippen molar-refractivity contribution in [2.24, 2.45) is 0 Å². The number of nitrogens with two attached hydrogens (primary N) is 1. The third kappa shape index (κ3) is 2.80. The number of nitrogens with zero attached hydrogens (tertiary/aromatic N) is 1. The molecule has 18 heavy (non-hydrogen) atoms. The number of benzene rings is 2. The molecule has 0 amide bonds. The largest absolute Gasteiger partial charge is 0.399 e. The van der Waals surface area contributed by atoms with E-state index in [1.807, 2.05) is 25.2 Å². The summed E-state index contributed by atoms with van der Waals surface area (Å²) >= 11 is 0. The van der Waals surface area contributed by atoms with E-state index in [2.05, 4.69) is 11.8 Å². The standard InChI is InChI=1S/C15H17FN2/c1-11-3-8-14(17)9-15(11)18(2)10-12-4-6-13(16)7-5-12/h3-9H,10,17H2,1-2H3. The van der Waals surface area contributed by atoms with Gasteiger partial charge in [-0.05, 0) is 42.3 Å². The predicted molar refractivity (Wildman–Crippen MR) is 74.1 cm³/mol. The monoisotopic (exact) mass is 244 g/mol. The summed E-state index contributed by atoms with van der Waals surface area (Å²) in [6.07, 6.45) is 0. The fourth-order valence-corrected chi connectivity index (χ4v) is 1.99. The fourth-order valence-electron chi connectivity index (χ4n) is 1.99. The Labute approximate surface area is 107 Å². The van der Waals surface area contributed by atoms with Gasteiger partial charge in [0, 0.05) is 25.0 Å². The average Bonchev–Trinajstić information content (AvgIpc) is 2.35. The zero-order valence-electron chi connectivity index (χ0n) is 10.7. The first kappa shape index (κ1) is 12.4. The van der Waals surface area contributed by atoms with Crippen molar-refractivity contribution in [1.29, 1.82) is 0 Å². The fraction of sp³-hybridized carbons (Fsp3) is 0.200. The minimum absolute atomic E-state index is 0.207. The summed E-state index contributed by atoms with van der Waals surface area (Å²) in [7, 11) is 2.01. The third-order valence-corrected chi connectivity index (χ3v) is 2.98. The van der Waals surface area contributed by atoms with E-state index in [1.165, 1.54) is 17.7 Å². The maximum absolute atomic E-state index is 12.8. The van der Waals surface area contributed by atoms with E-state index in [-0.39, 0.29) is 5.82 Å². The van der Waals surface area contributed by atoms with Gasteiger partial charge in [-0.1, -0.05) is 18.2 Å². The molecule has 2 aromatic rings. The molecule has 0 aromatic heterocycles. The number of hydrogen-bond donors (Lipinski definition) is 1. The topological polar surface area (TPSA) is 29.3 Å². The van der Waals surface area contributed by atoms with E-state index in [1.54, 1.807) is 12.1 Å². The van der Waals surface area contributed by atoms with Crippen molar-refractivity contribution in [1.82, 2.24) is 0 Å². The van der Waals surface area contributed by atoms with Crippen LogP contribution in [0.25, 0.3) is 0 Å². The molecule has 0 spiro atoms. The van der Waals surface area contributed by atoms with Crippen molar-refractivity contribution in [3.8, 4) is 0 Å². The zero-order valence-corrected chi connectivity index (χ0v) is 10.7. The summed E-state index contributed by atoms with van der Waals surface area (Å²) < 4.78 is 12.8. The molecule has 2 nitrogen and oxygen atoms in total. The van der Waals surface area contributed by atoms with Gasteiger partial charge in [0.15, 0.2) is 0 Å². The van der Waals surface area contributed by atoms with Crippen LogP contribution >= 0.6 is 0 Å². The summed E-state index contributed by atoms with van der Waals surface area (Å²) in [5, 5.41) is 0. The van der Waals surface area contributed by atoms with E-state index < -0.39 is 0 Å². The van der Waals surface area contributed by atoms with Crippen molar-refractivity contribution in [3.05, 3.63) is 59.4 Å². The average molecular weight is 244 g/mol. The normalized spacial score (nSPS) is 10.4. The first-order valence-electron chi connectivity index (χ1n) is 5.88. The highest BCUT2D eigenvalue weighted by Crippen LogP contribution is 2.23. The van der Waals surface area contributed by atoms with E-state index in [9.17, 15) is 4.39 Å². The number of anilines is 2. The SMILES string of the molecule is Cc1ccc(N)cc1N(C)Cc1ccc(F)cc1. The second-order valence-electron chi connectivity index (χ2n) is 4.53. The van der Waals surface area contributed by atoms with Crippen LogP contribution in [-0.4, -0.2) is 7.05 Å². The van der Waals surface area contributed by atoms with Gasteiger partial charge in [-0.3, -0.25) is 0 Å². The van der Waals surface area contributed by atoms with Gasteiger partial charge >= 0.3 is 0 Å². The van der Waals surface area contributed by atoms with Crippen LogP contribution in [0.1, 0.15) is 11.1 Å². The van der Waals surface area contributed by atoms with E-state index >= 15 is 0 Å². The first-order valence-corrected chi connectivity index (χ1v) is 5.88. The van der Waals surface area contributed by atoms with Crippen molar-refractivity contribution >= 4 is 11.4 Å². The number of hydrogen-bond acceptors (Lipinski definition) is 2. The maximum Gasteiger partial charge on any atom is 0.123 e. The van der Waals surface area contributed by atoms with Crippen molar-refractivity contribution in [2.45, 2.75) is 13.5 Å². The molecule has 0 radical (unpaired) electrons. The van der Waals surface area contributed by atoms with Crippen LogP contribution in [0.2, 0.25) is 0 Å². The number of rotatable bonds is 3. The molecule has 0 aliphatic carbocycles. The van der Waals surface area contributed by atoms with Gasteiger partial charge in [0.05, 0.1) is 0 Å². The van der Waals surface area contributed by atoms with Crippen LogP contribution in [-0.2, 0) is 6.54 Å². The Morgan fingerprint density at radius 2 is 1.78 bits per heavy atom. The second-order valence-corrected chi connectivity index (χ2v) is 4.53. The summed E-state index contributed by atoms with van der Waals surface area (Å²) in [4.78, 5) is 2.11. The van der Waals surface area contributed by atoms with Crippen LogP contribution < -0.4 is 10.6 Å². The minimum atomic E-state index is -0.207. The highest BCUT2D eigenvalue weighted by Gasteiger charge is 2.06. The van der Waals surface area contributed by atoms with Crippen molar-refractivity contribution < 1.29 is 4.39 Å². The molecule has 94 valence electrons. The van der Waals surface area contributed by atoms with Crippen LogP contribution in [0.15, 0.2) is 42.5 Å². The smallest absolute Gasteiger partial charge is 0.123 e. The van der Waals surface area contributed by atoms with Crippen molar-refractivity contribution in [2.75, 3.05) is 17.7 Å². The Bertz CT molecular complexity index is 535. The van der Waals surface area contributed by atoms with Gasteiger partial charge in [0.25, 0.3) is 0 Å². The lowest BCUT2D eigenvalue weighted by atomic mass is 10.1. The van der Waals surface area contributed by atoms with Crippen LogP contribution in [0.4, 0.5) is 15.8 Å². The molecule has 2 aromatic carbocycles. The summed E-state index contributed by atoms with van der Waals surface area (Å²) in [5.74, 6) is -0.207. The van der Waals surface area contributed by atoms with Crippen LogP contribution in [0, 0.1) is 12.7 Å². The Morgan fingerprint density at radius 3 is 2.44 bits per heavy atom. The van der Waals surface area contributed by atoms with Crippen molar-refractivity contribution in [3.63, 3.8) is 0 Å². The van der Waals surface area contributed by atoms with Gasteiger partial charge in [-0.2, -0.15) is 0 Å². The number of aryl methyl sites for hydroxylation is 1. The first-order chi connectivity index (χ1) is 8.56. The molecule has 0 fully saturated rings. The second kappa shape index (κ2) is 5.08. The molecule has 0 bridgehead atoms. The predicted octanol–water partition coefficient (Wildman–Crippen LogP) is 3.35. The Kier molecular flexibility index (Phi) is 3.51. The third-order valence-electron chi connectivity index (χ3n) is 2.98. The molecular formula is C15H17FN2. The molecule has 0 aliphatic rings. The summed E-state index contributed by atoms with van der Waals surface area (Å²) in [5.41, 5.74) is 9.90. The molecule has 0 unspecified atom stereocenters. The Hall–Kier alpha value is -2.03. The lowest BCUT2D eigenvalue weighted by Gasteiger charge is -2.22. The van der Waals surface area contributed by atoms with Gasteiger partial charge in [-0.15, -0.1) is 0 Å². The van der Waals surface area contributed by atoms with Gasteiger partial charge in [0.1, 0.15) is 5.82 Å². The van der Waals surface area contributed by atoms with Crippen LogP contribution in [0.3, 0.4) is 0 Å². The van der Waals surface area contributed by atoms with E-state index in [4.69, 9.17) is 5.73 Å². The Balaban J connectivity index is 2.18. The minimum Gasteiger partial charge on any atom is -0.399 e. The molecule has 0 heterocycles. The molecular weight excluding hydrogens is 227 g/mol. The molecule has 3 heteroatoms. The van der Waals surface area contributed by atoms with Gasteiger partial charge in [-0.25, -0.2) is 4.39 Å². The van der Waals surface area contributed by atoms with Gasteiger partial charge in [0.2, 0.25) is 0 Å². The van der Waals surface area contributed by atoms with Gasteiger partial charge < -0.3 is 10.6 Å². The zero-order chi connectivity index (χ0) is 13.1. The molecule has 2 N–H and O–H groups in total. The highest BCUT2D eigenvalue weighted by molar-refractivity contribution is 5.60. The van der Waals surface area contributed by atoms with Crippen LogP contribution in [0.5, 0.6) is 0 Å². The number of nitrogen functional groups attached to an aromatic ring is 1. The Morgan fingerprint density at radius 1 is 1.11 bits per heavy atom. The molecule has 0 atom stereocenters. The number of halogens is 1. The maximum atomic E-state index is 12.8. The lowest BCUT2D eigenvalue weighted by molar-refractivity contribution is 0.627.